The number of carbonyl (C=O) groups is 1. The van der Waals surface area contributed by atoms with Gasteiger partial charge in [0.2, 0.25) is 17.6 Å². The minimum Gasteiger partial charge on any atom is -0.339 e. The third-order valence-corrected chi connectivity index (χ3v) is 4.67. The van der Waals surface area contributed by atoms with E-state index in [4.69, 9.17) is 4.52 Å². The van der Waals surface area contributed by atoms with E-state index in [1.807, 2.05) is 0 Å². The summed E-state index contributed by atoms with van der Waals surface area (Å²) in [4.78, 5) is 18.7. The number of hydrogen-bond acceptors (Lipinski definition) is 4. The number of halogens is 2. The van der Waals surface area contributed by atoms with Crippen LogP contribution in [0.4, 0.5) is 14.5 Å². The maximum Gasteiger partial charge on any atom is 0.230 e. The van der Waals surface area contributed by atoms with E-state index >= 15 is 0 Å². The molecular formula is C20H17F2N3O2. The van der Waals surface area contributed by atoms with Crippen LogP contribution in [0, 0.1) is 11.6 Å². The first-order valence-electron chi connectivity index (χ1n) is 8.75. The first kappa shape index (κ1) is 17.3. The summed E-state index contributed by atoms with van der Waals surface area (Å²) in [6, 6.07) is 11.8. The second kappa shape index (κ2) is 7.26. The van der Waals surface area contributed by atoms with Crippen LogP contribution in [0.3, 0.4) is 0 Å². The largest absolute Gasteiger partial charge is 0.339 e. The van der Waals surface area contributed by atoms with Crippen molar-refractivity contribution in [3.8, 4) is 11.4 Å². The molecule has 1 aromatic heterocycles. The summed E-state index contributed by atoms with van der Waals surface area (Å²) in [7, 11) is 0. The molecule has 0 aliphatic carbocycles. The van der Waals surface area contributed by atoms with Crippen molar-refractivity contribution >= 4 is 11.6 Å². The molecule has 1 aliphatic heterocycles. The number of aromatic nitrogens is 2. The molecule has 0 N–H and O–H groups in total. The van der Waals surface area contributed by atoms with Gasteiger partial charge < -0.3 is 9.42 Å². The Morgan fingerprint density at radius 1 is 1.07 bits per heavy atom. The predicted molar refractivity (Wildman–Crippen MR) is 95.0 cm³/mol. The van der Waals surface area contributed by atoms with E-state index in [1.54, 1.807) is 29.2 Å². The monoisotopic (exact) mass is 369 g/mol. The van der Waals surface area contributed by atoms with Crippen molar-refractivity contribution in [2.45, 2.75) is 25.2 Å². The van der Waals surface area contributed by atoms with Crippen LogP contribution in [0.15, 0.2) is 53.1 Å². The average molecular weight is 369 g/mol. The van der Waals surface area contributed by atoms with Crippen LogP contribution >= 0.6 is 0 Å². The lowest BCUT2D eigenvalue weighted by Gasteiger charge is -2.20. The lowest BCUT2D eigenvalue weighted by Crippen LogP contribution is -2.30. The molecule has 1 fully saturated rings. The number of nitrogens with zero attached hydrogens (tertiary/aromatic N) is 3. The Balaban J connectivity index is 1.52. The number of anilines is 1. The molecule has 27 heavy (non-hydrogen) atoms. The molecule has 3 aromatic rings. The van der Waals surface area contributed by atoms with Crippen LogP contribution in [0.1, 0.15) is 31.1 Å². The van der Waals surface area contributed by atoms with Gasteiger partial charge in [0, 0.05) is 30.1 Å². The summed E-state index contributed by atoms with van der Waals surface area (Å²) in [5, 5.41) is 3.93. The molecule has 138 valence electrons. The zero-order valence-corrected chi connectivity index (χ0v) is 14.4. The highest BCUT2D eigenvalue weighted by Crippen LogP contribution is 2.31. The Hall–Kier alpha value is -3.09. The number of benzene rings is 2. The third kappa shape index (κ3) is 3.72. The SMILES string of the molecule is O=C1CC(c2nc(-c3cccc(F)c3)no2)CCCN1c1ccc(F)cc1. The molecule has 5 nitrogen and oxygen atoms in total. The molecule has 0 saturated carbocycles. The van der Waals surface area contributed by atoms with E-state index in [-0.39, 0.29) is 29.9 Å². The van der Waals surface area contributed by atoms with Crippen molar-refractivity contribution in [2.75, 3.05) is 11.4 Å². The molecule has 0 radical (unpaired) electrons. The number of hydrogen-bond donors (Lipinski definition) is 0. The highest BCUT2D eigenvalue weighted by Gasteiger charge is 2.29. The van der Waals surface area contributed by atoms with Gasteiger partial charge in [-0.2, -0.15) is 4.98 Å². The Kier molecular flexibility index (Phi) is 4.66. The molecule has 1 aliphatic rings. The molecule has 2 aromatic carbocycles. The smallest absolute Gasteiger partial charge is 0.230 e. The lowest BCUT2D eigenvalue weighted by molar-refractivity contribution is -0.118. The molecule has 1 saturated heterocycles. The van der Waals surface area contributed by atoms with Crippen LogP contribution in [0.2, 0.25) is 0 Å². The van der Waals surface area contributed by atoms with Crippen LogP contribution in [-0.4, -0.2) is 22.6 Å². The normalized spacial score (nSPS) is 17.8. The number of carbonyl (C=O) groups excluding carboxylic acids is 1. The van der Waals surface area contributed by atoms with E-state index in [0.717, 1.165) is 6.42 Å². The second-order valence-electron chi connectivity index (χ2n) is 6.53. The van der Waals surface area contributed by atoms with Gasteiger partial charge in [-0.25, -0.2) is 8.78 Å². The van der Waals surface area contributed by atoms with Crippen molar-refractivity contribution in [2.24, 2.45) is 0 Å². The molecule has 1 atom stereocenters. The molecule has 7 heteroatoms. The standard InChI is InChI=1S/C20H17F2N3O2/c21-15-6-8-17(9-7-15)25-10-2-4-14(12-18(25)26)20-23-19(24-27-20)13-3-1-5-16(22)11-13/h1,3,5-9,11,14H,2,4,10,12H2. The summed E-state index contributed by atoms with van der Waals surface area (Å²) in [6.07, 6.45) is 1.70. The van der Waals surface area contributed by atoms with Crippen molar-refractivity contribution in [1.82, 2.24) is 10.1 Å². The van der Waals surface area contributed by atoms with Gasteiger partial charge in [0.15, 0.2) is 0 Å². The lowest BCUT2D eigenvalue weighted by atomic mass is 10.0. The highest BCUT2D eigenvalue weighted by molar-refractivity contribution is 5.94. The van der Waals surface area contributed by atoms with Crippen molar-refractivity contribution in [3.63, 3.8) is 0 Å². The summed E-state index contributed by atoms with van der Waals surface area (Å²) in [5.74, 6) is -0.305. The predicted octanol–water partition coefficient (Wildman–Crippen LogP) is 4.32. The van der Waals surface area contributed by atoms with Crippen LogP contribution in [-0.2, 0) is 4.79 Å². The van der Waals surface area contributed by atoms with E-state index in [0.29, 0.717) is 35.9 Å². The topological polar surface area (TPSA) is 59.2 Å². The Labute approximate surface area is 154 Å². The first-order chi connectivity index (χ1) is 13.1. The summed E-state index contributed by atoms with van der Waals surface area (Å²) in [6.45, 7) is 0.547. The fraction of sp³-hybridized carbons (Fsp3) is 0.250. The zero-order valence-electron chi connectivity index (χ0n) is 14.4. The minimum absolute atomic E-state index is 0.0744. The van der Waals surface area contributed by atoms with Gasteiger partial charge in [0.1, 0.15) is 11.6 Å². The summed E-state index contributed by atoms with van der Waals surface area (Å²) < 4.78 is 31.9. The molecular weight excluding hydrogens is 352 g/mol. The summed E-state index contributed by atoms with van der Waals surface area (Å²) in [5.41, 5.74) is 1.20. The van der Waals surface area contributed by atoms with Crippen molar-refractivity contribution in [3.05, 3.63) is 66.1 Å². The third-order valence-electron chi connectivity index (χ3n) is 4.67. The fourth-order valence-electron chi connectivity index (χ4n) is 3.29. The van der Waals surface area contributed by atoms with Crippen molar-refractivity contribution < 1.29 is 18.1 Å². The van der Waals surface area contributed by atoms with Gasteiger partial charge in [-0.15, -0.1) is 0 Å². The second-order valence-corrected chi connectivity index (χ2v) is 6.53. The average Bonchev–Trinajstić information content (AvgIpc) is 3.07. The maximum atomic E-state index is 13.4. The summed E-state index contributed by atoms with van der Waals surface area (Å²) >= 11 is 0. The van der Waals surface area contributed by atoms with Gasteiger partial charge in [-0.05, 0) is 49.2 Å². The van der Waals surface area contributed by atoms with E-state index in [2.05, 4.69) is 10.1 Å². The molecule has 1 amide bonds. The van der Waals surface area contributed by atoms with Gasteiger partial charge in [0.25, 0.3) is 0 Å². The van der Waals surface area contributed by atoms with Crippen LogP contribution < -0.4 is 4.90 Å². The van der Waals surface area contributed by atoms with Crippen LogP contribution in [0.5, 0.6) is 0 Å². The Morgan fingerprint density at radius 2 is 1.89 bits per heavy atom. The highest BCUT2D eigenvalue weighted by atomic mass is 19.1. The fourth-order valence-corrected chi connectivity index (χ4v) is 3.29. The Morgan fingerprint density at radius 3 is 2.67 bits per heavy atom. The molecule has 4 rings (SSSR count). The molecule has 0 spiro atoms. The Bertz CT molecular complexity index is 956. The molecule has 1 unspecified atom stereocenters. The van der Waals surface area contributed by atoms with Gasteiger partial charge >= 0.3 is 0 Å². The van der Waals surface area contributed by atoms with Gasteiger partial charge in [-0.1, -0.05) is 17.3 Å². The van der Waals surface area contributed by atoms with Gasteiger partial charge in [-0.3, -0.25) is 4.79 Å². The van der Waals surface area contributed by atoms with Gasteiger partial charge in [0.05, 0.1) is 0 Å². The van der Waals surface area contributed by atoms with E-state index in [9.17, 15) is 13.6 Å². The number of amides is 1. The van der Waals surface area contributed by atoms with Crippen LogP contribution in [0.25, 0.3) is 11.4 Å². The maximum absolute atomic E-state index is 13.4. The van der Waals surface area contributed by atoms with Crippen molar-refractivity contribution in [1.29, 1.82) is 0 Å². The number of rotatable bonds is 3. The minimum atomic E-state index is -0.376. The zero-order chi connectivity index (χ0) is 18.8. The van der Waals surface area contributed by atoms with E-state index in [1.165, 1.54) is 24.3 Å². The van der Waals surface area contributed by atoms with E-state index < -0.39 is 0 Å². The first-order valence-corrected chi connectivity index (χ1v) is 8.75. The molecule has 2 heterocycles. The quantitative estimate of drug-likeness (QED) is 0.690. The molecule has 0 bridgehead atoms.